The molecule has 0 aliphatic carbocycles. The van der Waals surface area contributed by atoms with Crippen molar-refractivity contribution in [3.63, 3.8) is 0 Å². The Kier molecular flexibility index (Phi) is 3.54. The summed E-state index contributed by atoms with van der Waals surface area (Å²) in [6, 6.07) is 2.16. The van der Waals surface area contributed by atoms with Crippen LogP contribution in [0.25, 0.3) is 0 Å². The Labute approximate surface area is 97.3 Å². The molecular formula is C13H19N3. The molecular weight excluding hydrogens is 198 g/mol. The molecule has 0 amide bonds. The summed E-state index contributed by atoms with van der Waals surface area (Å²) in [5, 5.41) is 9.13. The lowest BCUT2D eigenvalue weighted by atomic mass is 9.90. The Morgan fingerprint density at radius 2 is 1.75 bits per heavy atom. The van der Waals surface area contributed by atoms with E-state index in [1.165, 1.54) is 0 Å². The molecule has 1 aromatic rings. The molecule has 0 bridgehead atoms. The third-order valence-corrected chi connectivity index (χ3v) is 2.79. The van der Waals surface area contributed by atoms with Gasteiger partial charge in [-0.05, 0) is 29.9 Å². The van der Waals surface area contributed by atoms with Gasteiger partial charge in [-0.2, -0.15) is 5.26 Å². The van der Waals surface area contributed by atoms with Crippen LogP contribution in [-0.2, 0) is 0 Å². The average molecular weight is 217 g/mol. The molecule has 16 heavy (non-hydrogen) atoms. The van der Waals surface area contributed by atoms with E-state index in [2.05, 4.69) is 38.7 Å². The van der Waals surface area contributed by atoms with Crippen molar-refractivity contribution in [3.8, 4) is 6.07 Å². The molecule has 86 valence electrons. The van der Waals surface area contributed by atoms with E-state index in [0.29, 0.717) is 17.3 Å². The minimum Gasteiger partial charge on any atom is -0.383 e. The first-order chi connectivity index (χ1) is 7.40. The van der Waals surface area contributed by atoms with Crippen LogP contribution in [-0.4, -0.2) is 4.98 Å². The zero-order valence-corrected chi connectivity index (χ0v) is 10.6. The van der Waals surface area contributed by atoms with Gasteiger partial charge in [-0.25, -0.2) is 4.98 Å². The summed E-state index contributed by atoms with van der Waals surface area (Å²) in [6.07, 6.45) is 0. The standard InChI is InChI=1S/C13H19N3/c1-7(2)11-9(5)12(8(3)4)16-13(15)10(11)6-14/h7-8H,1-5H3,(H2,15,16). The molecule has 1 aromatic heterocycles. The van der Waals surface area contributed by atoms with E-state index in [1.807, 2.05) is 6.92 Å². The number of nitriles is 1. The number of hydrogen-bond acceptors (Lipinski definition) is 3. The monoisotopic (exact) mass is 217 g/mol. The zero-order valence-electron chi connectivity index (χ0n) is 10.6. The molecule has 1 heterocycles. The highest BCUT2D eigenvalue weighted by atomic mass is 14.9. The number of hydrogen-bond donors (Lipinski definition) is 1. The third-order valence-electron chi connectivity index (χ3n) is 2.79. The van der Waals surface area contributed by atoms with Gasteiger partial charge >= 0.3 is 0 Å². The lowest BCUT2D eigenvalue weighted by Gasteiger charge is -2.18. The van der Waals surface area contributed by atoms with Crippen LogP contribution >= 0.6 is 0 Å². The van der Waals surface area contributed by atoms with Crippen molar-refractivity contribution in [1.29, 1.82) is 5.26 Å². The molecule has 0 aliphatic heterocycles. The molecule has 0 saturated carbocycles. The largest absolute Gasteiger partial charge is 0.383 e. The summed E-state index contributed by atoms with van der Waals surface area (Å²) in [6.45, 7) is 10.4. The second-order valence-corrected chi connectivity index (χ2v) is 4.72. The van der Waals surface area contributed by atoms with Crippen molar-refractivity contribution in [1.82, 2.24) is 4.98 Å². The third kappa shape index (κ3) is 2.01. The van der Waals surface area contributed by atoms with Crippen LogP contribution in [0, 0.1) is 18.3 Å². The first-order valence-electron chi connectivity index (χ1n) is 5.60. The number of anilines is 1. The molecule has 2 N–H and O–H groups in total. The zero-order chi connectivity index (χ0) is 12.5. The van der Waals surface area contributed by atoms with E-state index in [4.69, 9.17) is 11.0 Å². The highest BCUT2D eigenvalue weighted by Gasteiger charge is 2.19. The van der Waals surface area contributed by atoms with Crippen LogP contribution in [0.4, 0.5) is 5.82 Å². The summed E-state index contributed by atoms with van der Waals surface area (Å²) in [5.41, 5.74) is 9.53. The molecule has 0 aliphatic rings. The smallest absolute Gasteiger partial charge is 0.141 e. The number of rotatable bonds is 2. The number of pyridine rings is 1. The lowest BCUT2D eigenvalue weighted by Crippen LogP contribution is -2.09. The predicted octanol–water partition coefficient (Wildman–Crippen LogP) is 3.09. The predicted molar refractivity (Wildman–Crippen MR) is 66.3 cm³/mol. The van der Waals surface area contributed by atoms with E-state index >= 15 is 0 Å². The van der Waals surface area contributed by atoms with Gasteiger partial charge in [-0.3, -0.25) is 0 Å². The fraction of sp³-hybridized carbons (Fsp3) is 0.538. The number of nitrogen functional groups attached to an aromatic ring is 1. The Bertz CT molecular complexity index is 439. The van der Waals surface area contributed by atoms with Gasteiger partial charge in [0.05, 0.1) is 5.56 Å². The van der Waals surface area contributed by atoms with Crippen LogP contribution < -0.4 is 5.73 Å². The molecule has 0 aromatic carbocycles. The number of aromatic nitrogens is 1. The summed E-state index contributed by atoms with van der Waals surface area (Å²) >= 11 is 0. The van der Waals surface area contributed by atoms with Crippen molar-refractivity contribution < 1.29 is 0 Å². The van der Waals surface area contributed by atoms with Gasteiger partial charge < -0.3 is 5.73 Å². The minimum absolute atomic E-state index is 0.289. The molecule has 0 fully saturated rings. The molecule has 0 saturated heterocycles. The Morgan fingerprint density at radius 1 is 1.19 bits per heavy atom. The van der Waals surface area contributed by atoms with Crippen molar-refractivity contribution >= 4 is 5.82 Å². The van der Waals surface area contributed by atoms with Gasteiger partial charge in [0.25, 0.3) is 0 Å². The second-order valence-electron chi connectivity index (χ2n) is 4.72. The van der Waals surface area contributed by atoms with Gasteiger partial charge in [-0.15, -0.1) is 0 Å². The quantitative estimate of drug-likeness (QED) is 0.828. The van der Waals surface area contributed by atoms with E-state index in [1.54, 1.807) is 0 Å². The maximum atomic E-state index is 9.13. The van der Waals surface area contributed by atoms with Gasteiger partial charge in [0, 0.05) is 5.69 Å². The molecule has 1 rings (SSSR count). The molecule has 3 heteroatoms. The van der Waals surface area contributed by atoms with Gasteiger partial charge in [0.15, 0.2) is 0 Å². The Morgan fingerprint density at radius 3 is 2.12 bits per heavy atom. The summed E-state index contributed by atoms with van der Waals surface area (Å²) < 4.78 is 0. The number of nitrogens with two attached hydrogens (primary N) is 1. The van der Waals surface area contributed by atoms with Gasteiger partial charge in [0.2, 0.25) is 0 Å². The van der Waals surface area contributed by atoms with Crippen LogP contribution in [0.2, 0.25) is 0 Å². The van der Waals surface area contributed by atoms with Crippen LogP contribution in [0.3, 0.4) is 0 Å². The highest BCUT2D eigenvalue weighted by Crippen LogP contribution is 2.30. The normalized spacial score (nSPS) is 10.9. The second kappa shape index (κ2) is 4.52. The van der Waals surface area contributed by atoms with Crippen LogP contribution in [0.1, 0.15) is 61.9 Å². The Balaban J connectivity index is 3.61. The van der Waals surface area contributed by atoms with Crippen molar-refractivity contribution in [2.75, 3.05) is 5.73 Å². The van der Waals surface area contributed by atoms with Gasteiger partial charge in [-0.1, -0.05) is 27.7 Å². The van der Waals surface area contributed by atoms with E-state index in [-0.39, 0.29) is 5.92 Å². The summed E-state index contributed by atoms with van der Waals surface area (Å²) in [4.78, 5) is 4.34. The van der Waals surface area contributed by atoms with E-state index in [0.717, 1.165) is 16.8 Å². The first kappa shape index (κ1) is 12.5. The average Bonchev–Trinajstić information content (AvgIpc) is 2.19. The van der Waals surface area contributed by atoms with E-state index in [9.17, 15) is 0 Å². The van der Waals surface area contributed by atoms with Crippen molar-refractivity contribution in [2.45, 2.75) is 46.5 Å². The summed E-state index contributed by atoms with van der Waals surface area (Å²) in [5.74, 6) is 0.977. The molecule has 0 spiro atoms. The molecule has 0 unspecified atom stereocenters. The molecule has 0 radical (unpaired) electrons. The van der Waals surface area contributed by atoms with Crippen molar-refractivity contribution in [2.24, 2.45) is 0 Å². The number of nitrogens with zero attached hydrogens (tertiary/aromatic N) is 2. The Hall–Kier alpha value is -1.56. The van der Waals surface area contributed by atoms with Crippen LogP contribution in [0.15, 0.2) is 0 Å². The van der Waals surface area contributed by atoms with Crippen molar-refractivity contribution in [3.05, 3.63) is 22.4 Å². The highest BCUT2D eigenvalue weighted by molar-refractivity contribution is 5.58. The minimum atomic E-state index is 0.289. The van der Waals surface area contributed by atoms with Gasteiger partial charge in [0.1, 0.15) is 11.9 Å². The fourth-order valence-electron chi connectivity index (χ4n) is 2.13. The molecule has 0 atom stereocenters. The SMILES string of the molecule is Cc1c(C(C)C)nc(N)c(C#N)c1C(C)C. The summed E-state index contributed by atoms with van der Waals surface area (Å²) in [7, 11) is 0. The van der Waals surface area contributed by atoms with Crippen LogP contribution in [0.5, 0.6) is 0 Å². The lowest BCUT2D eigenvalue weighted by molar-refractivity contribution is 0.783. The maximum absolute atomic E-state index is 9.13. The molecule has 3 nitrogen and oxygen atoms in total. The maximum Gasteiger partial charge on any atom is 0.141 e. The van der Waals surface area contributed by atoms with E-state index < -0.39 is 0 Å². The first-order valence-corrected chi connectivity index (χ1v) is 5.60. The fourth-order valence-corrected chi connectivity index (χ4v) is 2.13. The topological polar surface area (TPSA) is 62.7 Å².